The number of hydrogen-bond acceptors (Lipinski definition) is 6. The van der Waals surface area contributed by atoms with Gasteiger partial charge in [-0.1, -0.05) is 12.1 Å². The Morgan fingerprint density at radius 2 is 1.81 bits per heavy atom. The maximum atomic E-state index is 15.1. The minimum atomic E-state index is -3.14. The van der Waals surface area contributed by atoms with E-state index < -0.39 is 42.9 Å². The molecule has 2 aliphatic carbocycles. The number of carbonyl (C=O) groups excluding carboxylic acids is 1. The van der Waals surface area contributed by atoms with Crippen molar-refractivity contribution in [3.63, 3.8) is 0 Å². The maximum absolute atomic E-state index is 15.1. The number of aromatic nitrogens is 2. The van der Waals surface area contributed by atoms with Gasteiger partial charge in [-0.3, -0.25) is 9.69 Å². The Bertz CT molecular complexity index is 975. The van der Waals surface area contributed by atoms with E-state index in [-0.39, 0.29) is 43.2 Å². The molecule has 4 fully saturated rings. The summed E-state index contributed by atoms with van der Waals surface area (Å²) in [6.07, 6.45) is 0.467. The normalized spacial score (nSPS) is 31.7. The van der Waals surface area contributed by atoms with E-state index in [1.807, 2.05) is 20.8 Å². The Labute approximate surface area is 215 Å². The Kier molecular flexibility index (Phi) is 7.09. The predicted octanol–water partition coefficient (Wildman–Crippen LogP) is 4.77. The summed E-state index contributed by atoms with van der Waals surface area (Å²) in [6.45, 7) is 6.03. The summed E-state index contributed by atoms with van der Waals surface area (Å²) in [5.74, 6) is -6.38. The Morgan fingerprint density at radius 3 is 2.43 bits per heavy atom. The van der Waals surface area contributed by atoms with Crippen LogP contribution in [0.25, 0.3) is 0 Å². The highest BCUT2D eigenvalue weighted by Gasteiger charge is 2.54. The van der Waals surface area contributed by atoms with Crippen LogP contribution in [0.3, 0.4) is 0 Å². The van der Waals surface area contributed by atoms with Crippen LogP contribution in [0.4, 0.5) is 17.6 Å². The van der Waals surface area contributed by atoms with Crippen molar-refractivity contribution in [2.75, 3.05) is 26.2 Å². The smallest absolute Gasteiger partial charge is 0.287 e. The molecular weight excluding hydrogens is 492 g/mol. The van der Waals surface area contributed by atoms with Gasteiger partial charge < -0.3 is 14.2 Å². The van der Waals surface area contributed by atoms with Crippen LogP contribution in [0.1, 0.15) is 89.8 Å². The molecule has 1 amide bonds. The molecule has 1 aromatic rings. The molecule has 11 heteroatoms. The summed E-state index contributed by atoms with van der Waals surface area (Å²) in [6, 6.07) is -0.0952. The number of ether oxygens (including phenoxy) is 1. The third-order valence-electron chi connectivity index (χ3n) is 8.87. The van der Waals surface area contributed by atoms with Gasteiger partial charge >= 0.3 is 0 Å². The zero-order valence-corrected chi connectivity index (χ0v) is 21.9. The topological polar surface area (TPSA) is 71.7 Å². The zero-order chi connectivity index (χ0) is 26.6. The molecule has 0 spiro atoms. The maximum Gasteiger partial charge on any atom is 0.287 e. The summed E-state index contributed by atoms with van der Waals surface area (Å²) in [5.41, 5.74) is -0.343. The summed E-state index contributed by atoms with van der Waals surface area (Å²) in [7, 11) is 0. The van der Waals surface area contributed by atoms with E-state index >= 15 is 8.78 Å². The monoisotopic (exact) mass is 530 g/mol. The van der Waals surface area contributed by atoms with Gasteiger partial charge in [0.15, 0.2) is 5.82 Å². The van der Waals surface area contributed by atoms with E-state index in [2.05, 4.69) is 10.1 Å². The van der Waals surface area contributed by atoms with Crippen LogP contribution < -0.4 is 0 Å². The second kappa shape index (κ2) is 9.77. The standard InChI is InChI=1S/C26H38F4N4O3/c1-16(2)34-14-20(26(29,30)15-34)36-19-5-4-8-25(27,28)18(19)13-21(35)33-11-9-24(3,10-12-33)23-31-22(37-32-23)17-6-7-17/h16-20H,4-15H2,1-3H3/t18-,19+,20-/m1/s1. The van der Waals surface area contributed by atoms with Gasteiger partial charge in [-0.2, -0.15) is 4.98 Å². The quantitative estimate of drug-likeness (QED) is 0.473. The van der Waals surface area contributed by atoms with Gasteiger partial charge in [0, 0.05) is 49.9 Å². The fraction of sp³-hybridized carbons (Fsp3) is 0.885. The average Bonchev–Trinajstić information content (AvgIpc) is 3.46. The van der Waals surface area contributed by atoms with Crippen LogP contribution in [0, 0.1) is 5.92 Å². The lowest BCUT2D eigenvalue weighted by molar-refractivity contribution is -0.199. The van der Waals surface area contributed by atoms with Gasteiger partial charge in [-0.15, -0.1) is 0 Å². The van der Waals surface area contributed by atoms with E-state index in [0.717, 1.165) is 12.8 Å². The Balaban J connectivity index is 1.21. The number of hydrogen-bond donors (Lipinski definition) is 0. The first kappa shape index (κ1) is 26.8. The van der Waals surface area contributed by atoms with E-state index in [4.69, 9.17) is 9.26 Å². The molecule has 208 valence electrons. The van der Waals surface area contributed by atoms with Crippen molar-refractivity contribution >= 4 is 5.91 Å². The van der Waals surface area contributed by atoms with Crippen molar-refractivity contribution in [2.24, 2.45) is 5.92 Å². The van der Waals surface area contributed by atoms with Gasteiger partial charge in [0.2, 0.25) is 11.8 Å². The third kappa shape index (κ3) is 5.53. The number of nitrogens with zero attached hydrogens (tertiary/aromatic N) is 4. The van der Waals surface area contributed by atoms with Gasteiger partial charge in [-0.05, 0) is 52.4 Å². The van der Waals surface area contributed by atoms with Crippen LogP contribution >= 0.6 is 0 Å². The highest BCUT2D eigenvalue weighted by Crippen LogP contribution is 2.45. The van der Waals surface area contributed by atoms with Crippen molar-refractivity contribution in [3.05, 3.63) is 11.7 Å². The van der Waals surface area contributed by atoms with Gasteiger partial charge in [0.1, 0.15) is 6.10 Å². The largest absolute Gasteiger partial charge is 0.367 e. The molecule has 1 aromatic heterocycles. The van der Waals surface area contributed by atoms with Crippen molar-refractivity contribution in [3.8, 4) is 0 Å². The lowest BCUT2D eigenvalue weighted by Crippen LogP contribution is -2.50. The zero-order valence-electron chi connectivity index (χ0n) is 21.9. The molecule has 7 nitrogen and oxygen atoms in total. The average molecular weight is 531 g/mol. The molecule has 0 N–H and O–H groups in total. The molecule has 2 aliphatic heterocycles. The van der Waals surface area contributed by atoms with Crippen LogP contribution in [-0.4, -0.2) is 82.1 Å². The van der Waals surface area contributed by atoms with Gasteiger partial charge in [-0.25, -0.2) is 17.6 Å². The number of carbonyl (C=O) groups is 1. The summed E-state index contributed by atoms with van der Waals surface area (Å²) < 4.78 is 70.6. The molecule has 4 aliphatic rings. The van der Waals surface area contributed by atoms with E-state index in [9.17, 15) is 13.6 Å². The highest BCUT2D eigenvalue weighted by molar-refractivity contribution is 5.76. The van der Waals surface area contributed by atoms with Crippen LogP contribution in [0.2, 0.25) is 0 Å². The number of rotatable bonds is 7. The minimum absolute atomic E-state index is 0.00332. The van der Waals surface area contributed by atoms with Crippen LogP contribution in [0.15, 0.2) is 4.52 Å². The molecule has 0 aromatic carbocycles. The summed E-state index contributed by atoms with van der Waals surface area (Å²) >= 11 is 0. The number of alkyl halides is 4. The molecule has 0 radical (unpaired) electrons. The van der Waals surface area contributed by atoms with Gasteiger partial charge in [0.25, 0.3) is 11.8 Å². The molecule has 3 heterocycles. The molecule has 5 rings (SSSR count). The molecular formula is C26H38F4N4O3. The molecule has 3 atom stereocenters. The molecule has 2 saturated heterocycles. The minimum Gasteiger partial charge on any atom is -0.367 e. The Hall–Kier alpha value is -1.75. The lowest BCUT2D eigenvalue weighted by atomic mass is 9.78. The van der Waals surface area contributed by atoms with Crippen molar-refractivity contribution < 1.29 is 31.6 Å². The lowest BCUT2D eigenvalue weighted by Gasteiger charge is -2.41. The molecule has 0 unspecified atom stereocenters. The van der Waals surface area contributed by atoms with Crippen LogP contribution in [-0.2, 0) is 14.9 Å². The van der Waals surface area contributed by atoms with Crippen molar-refractivity contribution in [1.82, 2.24) is 19.9 Å². The number of likely N-dealkylation sites (tertiary alicyclic amines) is 2. The first-order chi connectivity index (χ1) is 17.4. The second-order valence-corrected chi connectivity index (χ2v) is 12.1. The SMILES string of the molecule is CC(C)N1C[C@@H](O[C@H]2CCCC(F)(F)[C@@H]2CC(=O)N2CCC(C)(c3noc(C4CC4)n3)CC2)C(F)(F)C1. The van der Waals surface area contributed by atoms with Gasteiger partial charge in [0.05, 0.1) is 18.6 Å². The number of piperidine rings is 1. The highest BCUT2D eigenvalue weighted by atomic mass is 19.3. The van der Waals surface area contributed by atoms with Crippen molar-refractivity contribution in [2.45, 2.75) is 114 Å². The van der Waals surface area contributed by atoms with Crippen LogP contribution in [0.5, 0.6) is 0 Å². The summed E-state index contributed by atoms with van der Waals surface area (Å²) in [4.78, 5) is 21.0. The van der Waals surface area contributed by atoms with E-state index in [1.165, 1.54) is 0 Å². The summed E-state index contributed by atoms with van der Waals surface area (Å²) in [5, 5.41) is 4.17. The fourth-order valence-electron chi connectivity index (χ4n) is 5.94. The second-order valence-electron chi connectivity index (χ2n) is 12.1. The number of halogens is 4. The third-order valence-corrected chi connectivity index (χ3v) is 8.87. The van der Waals surface area contributed by atoms with E-state index in [1.54, 1.807) is 9.80 Å². The number of amides is 1. The Morgan fingerprint density at radius 1 is 1.11 bits per heavy atom. The molecule has 37 heavy (non-hydrogen) atoms. The molecule has 0 bridgehead atoms. The van der Waals surface area contributed by atoms with E-state index in [0.29, 0.717) is 43.6 Å². The predicted molar refractivity (Wildman–Crippen MR) is 127 cm³/mol. The molecule has 2 saturated carbocycles. The fourth-order valence-corrected chi connectivity index (χ4v) is 5.94. The first-order valence-electron chi connectivity index (χ1n) is 13.6. The first-order valence-corrected chi connectivity index (χ1v) is 13.6. The van der Waals surface area contributed by atoms with Crippen molar-refractivity contribution in [1.29, 1.82) is 0 Å².